The molecule has 15 heavy (non-hydrogen) atoms. The maximum Gasteiger partial charge on any atom is 0.0246 e. The fraction of sp³-hybridized carbons (Fsp3) is 1.00. The molecular weight excluding hydrogens is 184 g/mol. The zero-order valence-corrected chi connectivity index (χ0v) is 11.3. The first-order chi connectivity index (χ1) is 7.08. The van der Waals surface area contributed by atoms with E-state index in [0.717, 1.165) is 6.54 Å². The molecule has 0 heterocycles. The molecule has 0 aliphatic rings. The quantitative estimate of drug-likeness (QED) is 0.673. The molecule has 0 aliphatic carbocycles. The SMILES string of the molecule is CCCC(C)C(CN)N(CCC)C(C)C. The molecule has 0 amide bonds. The van der Waals surface area contributed by atoms with Crippen LogP contribution in [0.5, 0.6) is 0 Å². The van der Waals surface area contributed by atoms with Gasteiger partial charge in [0.15, 0.2) is 0 Å². The lowest BCUT2D eigenvalue weighted by atomic mass is 9.94. The maximum absolute atomic E-state index is 5.93. The highest BCUT2D eigenvalue weighted by Crippen LogP contribution is 2.18. The minimum absolute atomic E-state index is 0.560. The van der Waals surface area contributed by atoms with E-state index in [1.807, 2.05) is 0 Å². The molecule has 0 aromatic rings. The Hall–Kier alpha value is -0.0800. The number of hydrogen-bond donors (Lipinski definition) is 1. The van der Waals surface area contributed by atoms with Crippen LogP contribution in [0.1, 0.15) is 53.9 Å². The van der Waals surface area contributed by atoms with Gasteiger partial charge in [0.2, 0.25) is 0 Å². The predicted molar refractivity (Wildman–Crippen MR) is 69.0 cm³/mol. The lowest BCUT2D eigenvalue weighted by Crippen LogP contribution is -2.48. The number of rotatable bonds is 8. The zero-order chi connectivity index (χ0) is 11.8. The largest absolute Gasteiger partial charge is 0.329 e. The van der Waals surface area contributed by atoms with Crippen molar-refractivity contribution in [2.75, 3.05) is 13.1 Å². The van der Waals surface area contributed by atoms with E-state index < -0.39 is 0 Å². The van der Waals surface area contributed by atoms with Crippen LogP contribution in [0.2, 0.25) is 0 Å². The molecule has 0 aromatic heterocycles. The Morgan fingerprint density at radius 2 is 1.67 bits per heavy atom. The van der Waals surface area contributed by atoms with Crippen molar-refractivity contribution >= 4 is 0 Å². The normalized spacial score (nSPS) is 16.0. The van der Waals surface area contributed by atoms with E-state index in [-0.39, 0.29) is 0 Å². The second-order valence-corrected chi connectivity index (χ2v) is 4.90. The van der Waals surface area contributed by atoms with E-state index in [1.54, 1.807) is 0 Å². The summed E-state index contributed by atoms with van der Waals surface area (Å²) >= 11 is 0. The first-order valence-electron chi connectivity index (χ1n) is 6.54. The smallest absolute Gasteiger partial charge is 0.0246 e. The van der Waals surface area contributed by atoms with Crippen LogP contribution in [0.3, 0.4) is 0 Å². The monoisotopic (exact) mass is 214 g/mol. The Morgan fingerprint density at radius 3 is 2.00 bits per heavy atom. The summed E-state index contributed by atoms with van der Waals surface area (Å²) < 4.78 is 0. The second-order valence-electron chi connectivity index (χ2n) is 4.90. The fourth-order valence-corrected chi connectivity index (χ4v) is 2.41. The second kappa shape index (κ2) is 8.12. The predicted octanol–water partition coefficient (Wildman–Crippen LogP) is 2.87. The van der Waals surface area contributed by atoms with Crippen molar-refractivity contribution in [2.45, 2.75) is 66.0 Å². The lowest BCUT2D eigenvalue weighted by Gasteiger charge is -2.37. The molecule has 0 saturated carbocycles. The minimum atomic E-state index is 0.560. The van der Waals surface area contributed by atoms with E-state index in [0.29, 0.717) is 18.0 Å². The molecule has 92 valence electrons. The van der Waals surface area contributed by atoms with E-state index in [9.17, 15) is 0 Å². The van der Waals surface area contributed by atoms with Gasteiger partial charge in [-0.3, -0.25) is 4.90 Å². The summed E-state index contributed by atoms with van der Waals surface area (Å²) in [6.07, 6.45) is 3.76. The van der Waals surface area contributed by atoms with Crippen molar-refractivity contribution in [1.82, 2.24) is 4.90 Å². The summed E-state index contributed by atoms with van der Waals surface area (Å²) in [5, 5.41) is 0. The molecule has 2 heteroatoms. The van der Waals surface area contributed by atoms with Gasteiger partial charge < -0.3 is 5.73 Å². The van der Waals surface area contributed by atoms with E-state index in [4.69, 9.17) is 5.73 Å². The molecule has 2 N–H and O–H groups in total. The van der Waals surface area contributed by atoms with Gasteiger partial charge in [-0.05, 0) is 39.2 Å². The highest BCUT2D eigenvalue weighted by molar-refractivity contribution is 4.79. The van der Waals surface area contributed by atoms with Crippen molar-refractivity contribution in [3.8, 4) is 0 Å². The van der Waals surface area contributed by atoms with Gasteiger partial charge in [0.25, 0.3) is 0 Å². The van der Waals surface area contributed by atoms with Crippen LogP contribution < -0.4 is 5.73 Å². The van der Waals surface area contributed by atoms with Crippen molar-refractivity contribution in [3.05, 3.63) is 0 Å². The average Bonchev–Trinajstić information content (AvgIpc) is 2.18. The highest BCUT2D eigenvalue weighted by atomic mass is 15.2. The third-order valence-electron chi connectivity index (χ3n) is 3.21. The van der Waals surface area contributed by atoms with Gasteiger partial charge in [0, 0.05) is 18.6 Å². The topological polar surface area (TPSA) is 29.3 Å². The number of nitrogens with two attached hydrogens (primary N) is 1. The van der Waals surface area contributed by atoms with E-state index in [1.165, 1.54) is 25.8 Å². The molecule has 0 radical (unpaired) electrons. The van der Waals surface area contributed by atoms with Crippen LogP contribution in [0.4, 0.5) is 0 Å². The Balaban J connectivity index is 4.42. The summed E-state index contributed by atoms with van der Waals surface area (Å²) in [5.41, 5.74) is 5.93. The summed E-state index contributed by atoms with van der Waals surface area (Å²) in [6, 6.07) is 1.17. The molecule has 0 spiro atoms. The van der Waals surface area contributed by atoms with Gasteiger partial charge in [-0.15, -0.1) is 0 Å². The molecule has 0 aromatic carbocycles. The minimum Gasteiger partial charge on any atom is -0.329 e. The van der Waals surface area contributed by atoms with E-state index >= 15 is 0 Å². The number of nitrogens with zero attached hydrogens (tertiary/aromatic N) is 1. The third-order valence-corrected chi connectivity index (χ3v) is 3.21. The van der Waals surface area contributed by atoms with Crippen LogP contribution in [0.15, 0.2) is 0 Å². The first-order valence-corrected chi connectivity index (χ1v) is 6.54. The fourth-order valence-electron chi connectivity index (χ4n) is 2.41. The Morgan fingerprint density at radius 1 is 1.07 bits per heavy atom. The number of hydrogen-bond acceptors (Lipinski definition) is 2. The summed E-state index contributed by atoms with van der Waals surface area (Å²) in [6.45, 7) is 13.4. The van der Waals surface area contributed by atoms with Crippen LogP contribution >= 0.6 is 0 Å². The molecule has 2 unspecified atom stereocenters. The first kappa shape index (κ1) is 14.9. The van der Waals surface area contributed by atoms with E-state index in [2.05, 4.69) is 39.5 Å². The summed E-state index contributed by atoms with van der Waals surface area (Å²) in [7, 11) is 0. The highest BCUT2D eigenvalue weighted by Gasteiger charge is 2.23. The van der Waals surface area contributed by atoms with Crippen LogP contribution in [-0.4, -0.2) is 30.1 Å². The van der Waals surface area contributed by atoms with Gasteiger partial charge in [-0.1, -0.05) is 27.2 Å². The van der Waals surface area contributed by atoms with Crippen molar-refractivity contribution < 1.29 is 0 Å². The Bertz CT molecular complexity index is 145. The van der Waals surface area contributed by atoms with Gasteiger partial charge in [0.1, 0.15) is 0 Å². The summed E-state index contributed by atoms with van der Waals surface area (Å²) in [5.74, 6) is 0.717. The van der Waals surface area contributed by atoms with Gasteiger partial charge in [-0.2, -0.15) is 0 Å². The van der Waals surface area contributed by atoms with Gasteiger partial charge in [-0.25, -0.2) is 0 Å². The van der Waals surface area contributed by atoms with Crippen LogP contribution in [0.25, 0.3) is 0 Å². The molecule has 0 aliphatic heterocycles. The van der Waals surface area contributed by atoms with Gasteiger partial charge >= 0.3 is 0 Å². The van der Waals surface area contributed by atoms with Crippen molar-refractivity contribution in [3.63, 3.8) is 0 Å². The molecule has 2 atom stereocenters. The van der Waals surface area contributed by atoms with Crippen molar-refractivity contribution in [1.29, 1.82) is 0 Å². The van der Waals surface area contributed by atoms with Crippen LogP contribution in [0, 0.1) is 5.92 Å². The molecular formula is C13H30N2. The Labute approximate surface area is 96.2 Å². The third kappa shape index (κ3) is 4.98. The average molecular weight is 214 g/mol. The molecule has 0 bridgehead atoms. The zero-order valence-electron chi connectivity index (χ0n) is 11.3. The Kier molecular flexibility index (Phi) is 8.07. The van der Waals surface area contributed by atoms with Crippen molar-refractivity contribution in [2.24, 2.45) is 11.7 Å². The molecule has 0 fully saturated rings. The van der Waals surface area contributed by atoms with Gasteiger partial charge in [0.05, 0.1) is 0 Å². The molecule has 2 nitrogen and oxygen atoms in total. The molecule has 0 saturated heterocycles. The van der Waals surface area contributed by atoms with Crippen LogP contribution in [-0.2, 0) is 0 Å². The lowest BCUT2D eigenvalue weighted by molar-refractivity contribution is 0.113. The standard InChI is InChI=1S/C13H30N2/c1-6-8-12(5)13(10-14)15(9-7-2)11(3)4/h11-13H,6-10,14H2,1-5H3. The molecule has 0 rings (SSSR count). The maximum atomic E-state index is 5.93. The summed E-state index contributed by atoms with van der Waals surface area (Å²) in [4.78, 5) is 2.57.